The highest BCUT2D eigenvalue weighted by molar-refractivity contribution is 5.95. The quantitative estimate of drug-likeness (QED) is 0.660. The van der Waals surface area contributed by atoms with Crippen molar-refractivity contribution in [3.05, 3.63) is 23.8 Å². The van der Waals surface area contributed by atoms with Crippen LogP contribution >= 0.6 is 0 Å². The molecule has 0 bridgehead atoms. The maximum Gasteiger partial charge on any atom is 0.277 e. The summed E-state index contributed by atoms with van der Waals surface area (Å²) in [5.41, 5.74) is 5.10. The molecule has 0 aromatic heterocycles. The summed E-state index contributed by atoms with van der Waals surface area (Å²) in [6.07, 6.45) is 3.10. The summed E-state index contributed by atoms with van der Waals surface area (Å²) in [6, 6.07) is 4.32. The second-order valence-electron chi connectivity index (χ2n) is 6.57. The maximum absolute atomic E-state index is 13.2. The lowest BCUT2D eigenvalue weighted by atomic mass is 10.1. The normalized spacial score (nSPS) is 14.5. The highest BCUT2D eigenvalue weighted by Crippen LogP contribution is 2.29. The van der Waals surface area contributed by atoms with Gasteiger partial charge in [0.1, 0.15) is 0 Å². The van der Waals surface area contributed by atoms with E-state index < -0.39 is 24.9 Å². The number of halogens is 2. The second-order valence-corrected chi connectivity index (χ2v) is 6.57. The van der Waals surface area contributed by atoms with Crippen LogP contribution in [0.5, 0.6) is 11.5 Å². The first-order chi connectivity index (χ1) is 13.4. The molecule has 0 saturated carbocycles. The molecule has 1 saturated heterocycles. The van der Waals surface area contributed by atoms with Crippen LogP contribution in [0.1, 0.15) is 36.5 Å². The van der Waals surface area contributed by atoms with E-state index in [0.29, 0.717) is 12.4 Å². The van der Waals surface area contributed by atoms with Crippen LogP contribution < -0.4 is 20.5 Å². The molecule has 1 aliphatic heterocycles. The van der Waals surface area contributed by atoms with Gasteiger partial charge in [0.05, 0.1) is 19.7 Å². The highest BCUT2D eigenvalue weighted by Gasteiger charge is 2.27. The summed E-state index contributed by atoms with van der Waals surface area (Å²) in [5.74, 6) is -3.36. The van der Waals surface area contributed by atoms with E-state index in [0.717, 1.165) is 32.4 Å². The van der Waals surface area contributed by atoms with Gasteiger partial charge in [-0.1, -0.05) is 0 Å². The van der Waals surface area contributed by atoms with Crippen molar-refractivity contribution in [3.63, 3.8) is 0 Å². The molecule has 156 valence electrons. The molecule has 1 heterocycles. The number of nitrogens with two attached hydrogens (primary N) is 1. The minimum Gasteiger partial charge on any atom is -0.490 e. The average molecular weight is 399 g/mol. The number of alkyl halides is 2. The molecule has 1 aromatic carbocycles. The van der Waals surface area contributed by atoms with Crippen molar-refractivity contribution in [1.82, 2.24) is 10.2 Å². The van der Waals surface area contributed by atoms with Crippen LogP contribution in [0.15, 0.2) is 18.2 Å². The molecule has 0 spiro atoms. The van der Waals surface area contributed by atoms with E-state index in [-0.39, 0.29) is 23.8 Å². The number of amides is 2. The third-order valence-corrected chi connectivity index (χ3v) is 4.37. The Balaban J connectivity index is 2.01. The molecule has 2 amide bonds. The largest absolute Gasteiger partial charge is 0.490 e. The summed E-state index contributed by atoms with van der Waals surface area (Å²) >= 11 is 0. The topological polar surface area (TPSA) is 93.9 Å². The lowest BCUT2D eigenvalue weighted by Gasteiger charge is -2.26. The molecule has 28 heavy (non-hydrogen) atoms. The lowest BCUT2D eigenvalue weighted by Crippen LogP contribution is -2.41. The van der Waals surface area contributed by atoms with E-state index in [1.807, 2.05) is 0 Å². The van der Waals surface area contributed by atoms with Crippen molar-refractivity contribution in [3.8, 4) is 11.5 Å². The number of hydrogen-bond donors (Lipinski definition) is 2. The van der Waals surface area contributed by atoms with Crippen LogP contribution in [0, 0.1) is 0 Å². The first-order valence-corrected chi connectivity index (χ1v) is 9.40. The van der Waals surface area contributed by atoms with Crippen molar-refractivity contribution >= 4 is 11.8 Å². The molecule has 1 aromatic rings. The van der Waals surface area contributed by atoms with E-state index in [1.165, 1.54) is 18.2 Å². The summed E-state index contributed by atoms with van der Waals surface area (Å²) in [6.45, 7) is 1.70. The molecule has 0 unspecified atom stereocenters. The fourth-order valence-corrected chi connectivity index (χ4v) is 2.79. The SMILES string of the molecule is CCOc1cc(C(=O)NCC(F)(F)CN)ccc1OCC(=O)N1CCCCC1. The molecular weight excluding hydrogens is 372 g/mol. The van der Waals surface area contributed by atoms with Crippen LogP contribution in [-0.2, 0) is 4.79 Å². The molecule has 1 fully saturated rings. The summed E-state index contributed by atoms with van der Waals surface area (Å²) < 4.78 is 37.5. The fourth-order valence-electron chi connectivity index (χ4n) is 2.79. The Bertz CT molecular complexity index is 679. The first-order valence-electron chi connectivity index (χ1n) is 9.40. The number of carbonyl (C=O) groups excluding carboxylic acids is 2. The number of carbonyl (C=O) groups is 2. The number of benzene rings is 1. The van der Waals surface area contributed by atoms with Crippen LogP contribution in [0.4, 0.5) is 8.78 Å². The Morgan fingerprint density at radius 2 is 1.89 bits per heavy atom. The Labute approximate surface area is 163 Å². The molecule has 2 rings (SSSR count). The number of ether oxygens (including phenoxy) is 2. The monoisotopic (exact) mass is 399 g/mol. The molecule has 0 aliphatic carbocycles. The van der Waals surface area contributed by atoms with Crippen LogP contribution in [0.2, 0.25) is 0 Å². The zero-order valence-corrected chi connectivity index (χ0v) is 16.0. The van der Waals surface area contributed by atoms with Gasteiger partial charge < -0.3 is 25.4 Å². The van der Waals surface area contributed by atoms with Crippen molar-refractivity contribution in [2.75, 3.05) is 39.4 Å². The first kappa shape index (κ1) is 21.9. The minimum absolute atomic E-state index is 0.104. The fraction of sp³-hybridized carbons (Fsp3) is 0.579. The van der Waals surface area contributed by atoms with Gasteiger partial charge in [0, 0.05) is 18.7 Å². The molecule has 7 nitrogen and oxygen atoms in total. The number of piperidine rings is 1. The number of nitrogens with zero attached hydrogens (tertiary/aromatic N) is 1. The third-order valence-electron chi connectivity index (χ3n) is 4.37. The smallest absolute Gasteiger partial charge is 0.277 e. The summed E-state index contributed by atoms with van der Waals surface area (Å²) in [4.78, 5) is 26.1. The third kappa shape index (κ3) is 6.33. The van der Waals surface area contributed by atoms with E-state index in [1.54, 1.807) is 11.8 Å². The zero-order chi connectivity index (χ0) is 20.6. The van der Waals surface area contributed by atoms with E-state index >= 15 is 0 Å². The van der Waals surface area contributed by atoms with Crippen LogP contribution in [0.25, 0.3) is 0 Å². The maximum atomic E-state index is 13.2. The summed E-state index contributed by atoms with van der Waals surface area (Å²) in [7, 11) is 0. The van der Waals surface area contributed by atoms with Gasteiger partial charge in [-0.3, -0.25) is 9.59 Å². The van der Waals surface area contributed by atoms with Crippen LogP contribution in [0.3, 0.4) is 0 Å². The predicted molar refractivity (Wildman–Crippen MR) is 99.9 cm³/mol. The average Bonchev–Trinajstić information content (AvgIpc) is 2.71. The number of hydrogen-bond acceptors (Lipinski definition) is 5. The molecular formula is C19H27F2N3O4. The van der Waals surface area contributed by atoms with Crippen molar-refractivity contribution in [1.29, 1.82) is 0 Å². The molecule has 0 radical (unpaired) electrons. The number of nitrogens with one attached hydrogen (secondary N) is 1. The Morgan fingerprint density at radius 3 is 2.54 bits per heavy atom. The molecule has 3 N–H and O–H groups in total. The predicted octanol–water partition coefficient (Wildman–Crippen LogP) is 1.80. The van der Waals surface area contributed by atoms with Gasteiger partial charge in [-0.2, -0.15) is 0 Å². The standard InChI is InChI=1S/C19H27F2N3O4/c1-2-27-16-10-14(18(26)23-13-19(20,21)12-22)6-7-15(16)28-11-17(25)24-8-4-3-5-9-24/h6-7,10H,2-5,8-9,11-13,22H2,1H3,(H,23,26). The Hall–Kier alpha value is -2.42. The highest BCUT2D eigenvalue weighted by atomic mass is 19.3. The van der Waals surface area contributed by atoms with Gasteiger partial charge in [-0.15, -0.1) is 0 Å². The minimum atomic E-state index is -3.17. The van der Waals surface area contributed by atoms with Gasteiger partial charge in [0.2, 0.25) is 0 Å². The van der Waals surface area contributed by atoms with Gasteiger partial charge >= 0.3 is 0 Å². The Morgan fingerprint density at radius 1 is 1.18 bits per heavy atom. The van der Waals surface area contributed by atoms with E-state index in [4.69, 9.17) is 15.2 Å². The molecule has 1 aliphatic rings. The van der Waals surface area contributed by atoms with Crippen molar-refractivity contribution in [2.24, 2.45) is 5.73 Å². The van der Waals surface area contributed by atoms with Crippen molar-refractivity contribution in [2.45, 2.75) is 32.1 Å². The van der Waals surface area contributed by atoms with E-state index in [2.05, 4.69) is 5.32 Å². The second kappa shape index (κ2) is 10.2. The summed E-state index contributed by atoms with van der Waals surface area (Å²) in [5, 5.41) is 2.15. The van der Waals surface area contributed by atoms with Gasteiger partial charge in [-0.05, 0) is 44.4 Å². The molecule has 0 atom stereocenters. The number of likely N-dealkylation sites (tertiary alicyclic amines) is 1. The van der Waals surface area contributed by atoms with Crippen LogP contribution in [-0.4, -0.2) is 62.0 Å². The molecule has 9 heteroatoms. The van der Waals surface area contributed by atoms with Crippen molar-refractivity contribution < 1.29 is 27.8 Å². The number of rotatable bonds is 9. The zero-order valence-electron chi connectivity index (χ0n) is 16.0. The van der Waals surface area contributed by atoms with Gasteiger partial charge in [-0.25, -0.2) is 8.78 Å². The Kier molecular flexibility index (Phi) is 7.98. The van der Waals surface area contributed by atoms with Gasteiger partial charge in [0.15, 0.2) is 18.1 Å². The van der Waals surface area contributed by atoms with E-state index in [9.17, 15) is 18.4 Å². The lowest BCUT2D eigenvalue weighted by molar-refractivity contribution is -0.134. The van der Waals surface area contributed by atoms with Gasteiger partial charge in [0.25, 0.3) is 17.7 Å².